The average Bonchev–Trinajstić information content (AvgIpc) is 3.02. The van der Waals surface area contributed by atoms with Gasteiger partial charge in [-0.3, -0.25) is 19.2 Å². The zero-order chi connectivity index (χ0) is 33.7. The summed E-state index contributed by atoms with van der Waals surface area (Å²) in [5.41, 5.74) is 18.4. The van der Waals surface area contributed by atoms with Crippen LogP contribution >= 0.6 is 0 Å². The lowest BCUT2D eigenvalue weighted by atomic mass is 9.98. The lowest BCUT2D eigenvalue weighted by Crippen LogP contribution is -2.57. The van der Waals surface area contributed by atoms with E-state index in [-0.39, 0.29) is 12.8 Å². The second kappa shape index (κ2) is 17.2. The van der Waals surface area contributed by atoms with Crippen LogP contribution in [0.3, 0.4) is 0 Å². The highest BCUT2D eigenvalue weighted by atomic mass is 16.2. The third kappa shape index (κ3) is 11.4. The lowest BCUT2D eigenvalue weighted by molar-refractivity contribution is -0.142. The number of unbranched alkanes of at least 4 members (excludes halogenated alkanes) is 1. The van der Waals surface area contributed by atoms with Gasteiger partial charge in [-0.15, -0.1) is 0 Å². The van der Waals surface area contributed by atoms with Crippen molar-refractivity contribution in [3.8, 4) is 0 Å². The van der Waals surface area contributed by atoms with Gasteiger partial charge in [-0.1, -0.05) is 78.9 Å². The molecule has 0 radical (unpaired) electrons. The van der Waals surface area contributed by atoms with Gasteiger partial charge in [0.15, 0.2) is 0 Å². The molecule has 246 valence electrons. The normalized spacial score (nSPS) is 13.6. The van der Waals surface area contributed by atoms with Gasteiger partial charge >= 0.3 is 0 Å². The zero-order valence-corrected chi connectivity index (χ0v) is 27.1. The van der Waals surface area contributed by atoms with Crippen LogP contribution in [0.4, 0.5) is 0 Å². The largest absolute Gasteiger partial charge is 0.368 e. The molecular formula is C36H48N6O4. The number of carbonyl (C=O) groups excluding carboxylic acids is 4. The number of fused-ring (bicyclic) bond motifs is 1. The number of primary amides is 1. The Morgan fingerprint density at radius 3 is 2.17 bits per heavy atom. The van der Waals surface area contributed by atoms with E-state index in [2.05, 4.69) is 10.6 Å². The number of nitrogens with one attached hydrogen (secondary N) is 2. The Kier molecular flexibility index (Phi) is 13.5. The van der Waals surface area contributed by atoms with E-state index in [1.807, 2.05) is 86.6 Å². The van der Waals surface area contributed by atoms with Gasteiger partial charge in [0.1, 0.15) is 18.1 Å². The van der Waals surface area contributed by atoms with Crippen molar-refractivity contribution in [1.29, 1.82) is 0 Å². The van der Waals surface area contributed by atoms with E-state index in [1.54, 1.807) is 6.08 Å². The number of hydrogen-bond acceptors (Lipinski definition) is 6. The number of likely N-dealkylation sites (N-methyl/N-ethyl adjacent to an activating group) is 1. The van der Waals surface area contributed by atoms with Crippen LogP contribution in [-0.2, 0) is 32.0 Å². The summed E-state index contributed by atoms with van der Waals surface area (Å²) in [4.78, 5) is 54.6. The fraction of sp³-hybridized carbons (Fsp3) is 0.389. The summed E-state index contributed by atoms with van der Waals surface area (Å²) >= 11 is 0. The first-order valence-corrected chi connectivity index (χ1v) is 15.7. The predicted octanol–water partition coefficient (Wildman–Crippen LogP) is 2.72. The van der Waals surface area contributed by atoms with Gasteiger partial charge in [-0.25, -0.2) is 0 Å². The Hall–Kier alpha value is -4.54. The highest BCUT2D eigenvalue weighted by molar-refractivity contribution is 5.96. The molecular weight excluding hydrogens is 580 g/mol. The molecule has 0 aliphatic heterocycles. The van der Waals surface area contributed by atoms with E-state index in [0.29, 0.717) is 32.2 Å². The number of hydrogen-bond donors (Lipinski definition) is 5. The summed E-state index contributed by atoms with van der Waals surface area (Å²) in [6.07, 6.45) is 5.52. The minimum absolute atomic E-state index is 0.186. The van der Waals surface area contributed by atoms with Crippen molar-refractivity contribution in [3.05, 3.63) is 96.1 Å². The standard InChI is InChI=1S/C36H48N6O4/c1-36(2,39)20-11-17-32(43)40-30(23-26-18-19-27-14-7-8-15-28(27)22-26)35(46)42(3)31(24-25-12-5-4-6-13-25)34(45)41-29(33(38)44)16-9-10-21-37/h4-8,11-15,17-19,22,29-31H,9-10,16,20-21,23-24,37,39H2,1-3H3,(H2,38,44)(H,40,43)(H,41,45)/b17-11+/t29-,30+,31+/m0/s1. The number of amides is 4. The van der Waals surface area contributed by atoms with Crippen LogP contribution in [0.25, 0.3) is 10.8 Å². The van der Waals surface area contributed by atoms with Crippen LogP contribution < -0.4 is 27.8 Å². The van der Waals surface area contributed by atoms with Crippen molar-refractivity contribution < 1.29 is 19.2 Å². The highest BCUT2D eigenvalue weighted by Crippen LogP contribution is 2.18. The molecule has 10 heteroatoms. The van der Waals surface area contributed by atoms with Crippen molar-refractivity contribution in [2.75, 3.05) is 13.6 Å². The van der Waals surface area contributed by atoms with Crippen LogP contribution in [0.5, 0.6) is 0 Å². The predicted molar refractivity (Wildman–Crippen MR) is 182 cm³/mol. The van der Waals surface area contributed by atoms with Crippen LogP contribution in [-0.4, -0.2) is 65.8 Å². The molecule has 0 saturated heterocycles. The first-order chi connectivity index (χ1) is 21.9. The summed E-state index contributed by atoms with van der Waals surface area (Å²) in [7, 11) is 1.54. The van der Waals surface area contributed by atoms with Crippen LogP contribution in [0.1, 0.15) is 50.7 Å². The molecule has 8 N–H and O–H groups in total. The Labute approximate surface area is 271 Å². The topological polar surface area (TPSA) is 174 Å². The second-order valence-electron chi connectivity index (χ2n) is 12.4. The number of nitrogens with zero attached hydrogens (tertiary/aromatic N) is 1. The van der Waals surface area contributed by atoms with Gasteiger partial charge in [0, 0.05) is 25.4 Å². The minimum Gasteiger partial charge on any atom is -0.368 e. The van der Waals surface area contributed by atoms with Gasteiger partial charge in [0.25, 0.3) is 0 Å². The molecule has 4 amide bonds. The number of nitrogens with two attached hydrogens (primary N) is 3. The van der Waals surface area contributed by atoms with E-state index < -0.39 is 47.3 Å². The molecule has 10 nitrogen and oxygen atoms in total. The van der Waals surface area contributed by atoms with Crippen molar-refractivity contribution in [2.24, 2.45) is 17.2 Å². The summed E-state index contributed by atoms with van der Waals surface area (Å²) in [5.74, 6) is -2.08. The lowest BCUT2D eigenvalue weighted by Gasteiger charge is -2.32. The van der Waals surface area contributed by atoms with E-state index in [9.17, 15) is 19.2 Å². The van der Waals surface area contributed by atoms with E-state index >= 15 is 0 Å². The molecule has 0 aliphatic rings. The fourth-order valence-electron chi connectivity index (χ4n) is 5.18. The number of carbonyl (C=O) groups is 4. The van der Waals surface area contributed by atoms with Gasteiger partial charge < -0.3 is 32.7 Å². The van der Waals surface area contributed by atoms with E-state index in [0.717, 1.165) is 21.9 Å². The molecule has 0 bridgehead atoms. The van der Waals surface area contributed by atoms with Gasteiger partial charge in [-0.2, -0.15) is 0 Å². The Bertz CT molecular complexity index is 1500. The molecule has 0 spiro atoms. The van der Waals surface area contributed by atoms with E-state index in [1.165, 1.54) is 18.0 Å². The van der Waals surface area contributed by atoms with Crippen molar-refractivity contribution in [1.82, 2.24) is 15.5 Å². The minimum atomic E-state index is -0.990. The second-order valence-corrected chi connectivity index (χ2v) is 12.4. The van der Waals surface area contributed by atoms with Crippen molar-refractivity contribution >= 4 is 34.4 Å². The van der Waals surface area contributed by atoms with Gasteiger partial charge in [0.05, 0.1) is 0 Å². The summed E-state index contributed by atoms with van der Waals surface area (Å²) in [6.45, 7) is 4.17. The Morgan fingerprint density at radius 1 is 0.848 bits per heavy atom. The fourth-order valence-corrected chi connectivity index (χ4v) is 5.18. The number of benzene rings is 3. The SMILES string of the molecule is CN(C(=O)[C@@H](Cc1ccc2ccccc2c1)NC(=O)/C=C/CC(C)(C)N)[C@H](Cc1ccccc1)C(=O)N[C@@H](CCCCN)C(N)=O. The number of rotatable bonds is 17. The van der Waals surface area contributed by atoms with E-state index in [4.69, 9.17) is 17.2 Å². The molecule has 0 aliphatic carbocycles. The highest BCUT2D eigenvalue weighted by Gasteiger charge is 2.34. The molecule has 0 heterocycles. The Morgan fingerprint density at radius 2 is 1.52 bits per heavy atom. The molecule has 0 aromatic heterocycles. The average molecular weight is 629 g/mol. The van der Waals surface area contributed by atoms with Gasteiger partial charge in [-0.05, 0) is 74.1 Å². The first-order valence-electron chi connectivity index (χ1n) is 15.7. The summed E-state index contributed by atoms with van der Waals surface area (Å²) in [5, 5.41) is 7.68. The quantitative estimate of drug-likeness (QED) is 0.114. The smallest absolute Gasteiger partial charge is 0.245 e. The molecule has 0 unspecified atom stereocenters. The van der Waals surface area contributed by atoms with Crippen LogP contribution in [0, 0.1) is 0 Å². The zero-order valence-electron chi connectivity index (χ0n) is 27.1. The third-order valence-corrected chi connectivity index (χ3v) is 7.78. The molecule has 0 fully saturated rings. The first kappa shape index (κ1) is 35.9. The van der Waals surface area contributed by atoms with Crippen LogP contribution in [0.15, 0.2) is 84.9 Å². The molecule has 3 aromatic carbocycles. The maximum Gasteiger partial charge on any atom is 0.245 e. The monoisotopic (exact) mass is 628 g/mol. The summed E-state index contributed by atoms with van der Waals surface area (Å²) < 4.78 is 0. The van der Waals surface area contributed by atoms with Gasteiger partial charge in [0.2, 0.25) is 23.6 Å². The molecule has 3 rings (SSSR count). The van der Waals surface area contributed by atoms with Crippen molar-refractivity contribution in [3.63, 3.8) is 0 Å². The summed E-state index contributed by atoms with van der Waals surface area (Å²) in [6, 6.07) is 20.2. The molecule has 3 aromatic rings. The molecule has 3 atom stereocenters. The third-order valence-electron chi connectivity index (χ3n) is 7.78. The van der Waals surface area contributed by atoms with Crippen molar-refractivity contribution in [2.45, 2.75) is 76.0 Å². The molecule has 0 saturated carbocycles. The van der Waals surface area contributed by atoms with Crippen LogP contribution in [0.2, 0.25) is 0 Å². The maximum absolute atomic E-state index is 14.2. The Balaban J connectivity index is 1.92. The maximum atomic E-state index is 14.2. The molecule has 46 heavy (non-hydrogen) atoms.